The van der Waals surface area contributed by atoms with Crippen molar-refractivity contribution >= 4 is 34.8 Å². The highest BCUT2D eigenvalue weighted by Crippen LogP contribution is 2.25. The predicted molar refractivity (Wildman–Crippen MR) is 95.8 cm³/mol. The Bertz CT molecular complexity index is 629. The van der Waals surface area contributed by atoms with E-state index >= 15 is 0 Å². The van der Waals surface area contributed by atoms with Crippen molar-refractivity contribution in [3.63, 3.8) is 0 Å². The number of carbonyl (C=O) groups excluding carboxylic acids is 2. The second kappa shape index (κ2) is 7.96. The molecule has 0 radical (unpaired) electrons. The maximum absolute atomic E-state index is 13.0. The SMILES string of the molecule is O=C1CCN(C(C(=O)Cc2ccc(Cl)c(Cl)c2)C2CCCCN2)C1. The monoisotopic (exact) mass is 368 g/mol. The molecule has 0 bridgehead atoms. The number of halogens is 2. The van der Waals surface area contributed by atoms with E-state index in [0.29, 0.717) is 36.0 Å². The summed E-state index contributed by atoms with van der Waals surface area (Å²) in [5.41, 5.74) is 0.862. The minimum Gasteiger partial charge on any atom is -0.312 e. The highest BCUT2D eigenvalue weighted by atomic mass is 35.5. The molecule has 2 atom stereocenters. The normalized spacial score (nSPS) is 23.4. The van der Waals surface area contributed by atoms with Gasteiger partial charge in [-0.2, -0.15) is 0 Å². The second-order valence-electron chi connectivity index (χ2n) is 6.65. The molecule has 0 aromatic heterocycles. The van der Waals surface area contributed by atoms with E-state index in [0.717, 1.165) is 31.4 Å². The van der Waals surface area contributed by atoms with Gasteiger partial charge in [0.2, 0.25) is 0 Å². The lowest BCUT2D eigenvalue weighted by atomic mass is 9.91. The van der Waals surface area contributed by atoms with Gasteiger partial charge in [-0.25, -0.2) is 0 Å². The van der Waals surface area contributed by atoms with Crippen molar-refractivity contribution in [3.8, 4) is 0 Å². The highest BCUT2D eigenvalue weighted by Gasteiger charge is 2.37. The molecule has 2 heterocycles. The number of likely N-dealkylation sites (tertiary alicyclic amines) is 1. The molecule has 130 valence electrons. The molecule has 3 rings (SSSR count). The average Bonchev–Trinajstić information content (AvgIpc) is 2.98. The number of rotatable bonds is 5. The van der Waals surface area contributed by atoms with E-state index in [-0.39, 0.29) is 23.7 Å². The van der Waals surface area contributed by atoms with Crippen molar-refractivity contribution < 1.29 is 9.59 Å². The Labute approximate surface area is 152 Å². The van der Waals surface area contributed by atoms with Gasteiger partial charge < -0.3 is 5.32 Å². The van der Waals surface area contributed by atoms with Gasteiger partial charge in [0, 0.05) is 25.4 Å². The molecule has 2 fully saturated rings. The topological polar surface area (TPSA) is 49.4 Å². The van der Waals surface area contributed by atoms with E-state index in [1.807, 2.05) is 11.0 Å². The van der Waals surface area contributed by atoms with Gasteiger partial charge in [-0.1, -0.05) is 35.7 Å². The van der Waals surface area contributed by atoms with Crippen LogP contribution in [0.2, 0.25) is 10.0 Å². The molecule has 1 aromatic carbocycles. The minimum absolute atomic E-state index is 0.125. The third-order valence-electron chi connectivity index (χ3n) is 4.87. The largest absolute Gasteiger partial charge is 0.312 e. The van der Waals surface area contributed by atoms with Crippen molar-refractivity contribution in [1.82, 2.24) is 10.2 Å². The van der Waals surface area contributed by atoms with E-state index in [9.17, 15) is 9.59 Å². The summed E-state index contributed by atoms with van der Waals surface area (Å²) in [7, 11) is 0. The zero-order valence-corrected chi connectivity index (χ0v) is 15.1. The summed E-state index contributed by atoms with van der Waals surface area (Å²) in [5.74, 6) is 0.362. The number of Topliss-reactive ketones (excluding diaryl/α,β-unsaturated/α-hetero) is 2. The number of hydrogen-bond donors (Lipinski definition) is 1. The van der Waals surface area contributed by atoms with Crippen molar-refractivity contribution in [1.29, 1.82) is 0 Å². The van der Waals surface area contributed by atoms with Crippen molar-refractivity contribution in [3.05, 3.63) is 33.8 Å². The summed E-state index contributed by atoms with van der Waals surface area (Å²) in [6.07, 6.45) is 4.09. The predicted octanol–water partition coefficient (Wildman–Crippen LogP) is 2.89. The van der Waals surface area contributed by atoms with Crippen LogP contribution in [0.1, 0.15) is 31.2 Å². The summed E-state index contributed by atoms with van der Waals surface area (Å²) in [5, 5.41) is 4.43. The molecule has 1 N–H and O–H groups in total. The lowest BCUT2D eigenvalue weighted by Crippen LogP contribution is -2.55. The van der Waals surface area contributed by atoms with E-state index in [2.05, 4.69) is 5.32 Å². The van der Waals surface area contributed by atoms with Crippen LogP contribution >= 0.6 is 23.2 Å². The number of hydrogen-bond acceptors (Lipinski definition) is 4. The van der Waals surface area contributed by atoms with Crippen LogP contribution in [-0.2, 0) is 16.0 Å². The minimum atomic E-state index is -0.244. The summed E-state index contributed by atoms with van der Waals surface area (Å²) in [4.78, 5) is 26.8. The van der Waals surface area contributed by atoms with Gasteiger partial charge >= 0.3 is 0 Å². The Morgan fingerprint density at radius 1 is 1.29 bits per heavy atom. The zero-order valence-electron chi connectivity index (χ0n) is 13.6. The Hall–Kier alpha value is -0.940. The third kappa shape index (κ3) is 4.17. The standard InChI is InChI=1S/C18H22Cl2N2O2/c19-14-5-4-12(9-15(14)20)10-17(24)18(16-3-1-2-7-21-16)22-8-6-13(23)11-22/h4-5,9,16,18,21H,1-3,6-8,10-11H2. The maximum Gasteiger partial charge on any atom is 0.155 e. The molecule has 2 aliphatic rings. The lowest BCUT2D eigenvalue weighted by Gasteiger charge is -2.36. The average molecular weight is 369 g/mol. The van der Waals surface area contributed by atoms with Gasteiger partial charge in [0.1, 0.15) is 5.78 Å². The smallest absolute Gasteiger partial charge is 0.155 e. The first-order chi connectivity index (χ1) is 11.5. The maximum atomic E-state index is 13.0. The van der Waals surface area contributed by atoms with Gasteiger partial charge in [-0.05, 0) is 37.1 Å². The molecule has 0 spiro atoms. The Kier molecular flexibility index (Phi) is 5.93. The van der Waals surface area contributed by atoms with Crippen LogP contribution in [0.4, 0.5) is 0 Å². The van der Waals surface area contributed by atoms with Gasteiger partial charge in [-0.15, -0.1) is 0 Å². The first-order valence-electron chi connectivity index (χ1n) is 8.50. The molecule has 2 saturated heterocycles. The van der Waals surface area contributed by atoms with Crippen LogP contribution < -0.4 is 5.32 Å². The molecule has 4 nitrogen and oxygen atoms in total. The van der Waals surface area contributed by atoms with Crippen LogP contribution in [0, 0.1) is 0 Å². The van der Waals surface area contributed by atoms with E-state index in [1.165, 1.54) is 0 Å². The fraction of sp³-hybridized carbons (Fsp3) is 0.556. The summed E-state index contributed by atoms with van der Waals surface area (Å²) >= 11 is 12.0. The van der Waals surface area contributed by atoms with Crippen LogP contribution in [-0.4, -0.2) is 48.2 Å². The summed E-state index contributed by atoms with van der Waals surface area (Å²) in [6, 6.07) is 5.19. The van der Waals surface area contributed by atoms with E-state index in [1.54, 1.807) is 12.1 Å². The molecule has 24 heavy (non-hydrogen) atoms. The molecular weight excluding hydrogens is 347 g/mol. The Morgan fingerprint density at radius 2 is 2.12 bits per heavy atom. The summed E-state index contributed by atoms with van der Waals surface area (Å²) in [6.45, 7) is 1.99. The van der Waals surface area contributed by atoms with Crippen LogP contribution in [0.3, 0.4) is 0 Å². The van der Waals surface area contributed by atoms with Crippen molar-refractivity contribution in [2.45, 2.75) is 44.2 Å². The Balaban J connectivity index is 1.76. The summed E-state index contributed by atoms with van der Waals surface area (Å²) < 4.78 is 0. The second-order valence-corrected chi connectivity index (χ2v) is 7.47. The van der Waals surface area contributed by atoms with Gasteiger partial charge in [0.15, 0.2) is 5.78 Å². The fourth-order valence-electron chi connectivity index (χ4n) is 3.68. The first-order valence-corrected chi connectivity index (χ1v) is 9.26. The molecule has 1 aromatic rings. The number of nitrogens with zero attached hydrogens (tertiary/aromatic N) is 1. The number of benzene rings is 1. The molecular formula is C18H22Cl2N2O2. The molecule has 0 saturated carbocycles. The van der Waals surface area contributed by atoms with Crippen molar-refractivity contribution in [2.24, 2.45) is 0 Å². The molecule has 6 heteroatoms. The van der Waals surface area contributed by atoms with Gasteiger partial charge in [-0.3, -0.25) is 14.5 Å². The van der Waals surface area contributed by atoms with E-state index < -0.39 is 0 Å². The van der Waals surface area contributed by atoms with Crippen molar-refractivity contribution in [2.75, 3.05) is 19.6 Å². The molecule has 0 amide bonds. The Morgan fingerprint density at radius 3 is 2.75 bits per heavy atom. The number of piperidine rings is 1. The fourth-order valence-corrected chi connectivity index (χ4v) is 4.00. The zero-order chi connectivity index (χ0) is 17.1. The molecule has 2 unspecified atom stereocenters. The molecule has 0 aliphatic carbocycles. The number of carbonyl (C=O) groups is 2. The van der Waals surface area contributed by atoms with Gasteiger partial charge in [0.25, 0.3) is 0 Å². The van der Waals surface area contributed by atoms with Crippen LogP contribution in [0.25, 0.3) is 0 Å². The highest BCUT2D eigenvalue weighted by molar-refractivity contribution is 6.42. The van der Waals surface area contributed by atoms with Crippen LogP contribution in [0.5, 0.6) is 0 Å². The number of ketones is 2. The third-order valence-corrected chi connectivity index (χ3v) is 5.61. The van der Waals surface area contributed by atoms with E-state index in [4.69, 9.17) is 23.2 Å². The quantitative estimate of drug-likeness (QED) is 0.867. The number of nitrogens with one attached hydrogen (secondary N) is 1. The lowest BCUT2D eigenvalue weighted by molar-refractivity contribution is -0.125. The molecule has 2 aliphatic heterocycles. The van der Waals surface area contributed by atoms with Crippen LogP contribution in [0.15, 0.2) is 18.2 Å². The first kappa shape index (κ1) is 17.9. The van der Waals surface area contributed by atoms with Gasteiger partial charge in [0.05, 0.1) is 22.6 Å².